The van der Waals surface area contributed by atoms with E-state index in [4.69, 9.17) is 27.9 Å². The second-order valence-corrected chi connectivity index (χ2v) is 9.51. The number of esters is 1. The third-order valence-corrected chi connectivity index (χ3v) is 5.82. The van der Waals surface area contributed by atoms with Crippen molar-refractivity contribution in [2.45, 2.75) is 13.3 Å². The molecule has 0 bridgehead atoms. The minimum absolute atomic E-state index is 0.126. The van der Waals surface area contributed by atoms with Crippen LogP contribution in [0.1, 0.15) is 20.2 Å². The zero-order chi connectivity index (χ0) is 20.9. The molecule has 0 aliphatic rings. The number of anilines is 1. The number of carbonyl (C=O) groups excluding carboxylic acids is 2. The molecule has 0 fully saturated rings. The standard InChI is InChI=1S/C16H17Cl2N3O5S2/c1-9-11(17)7-12(18)15(20-9)21-14(22)8-26-16(23)13-4-3-10(27-13)5-6-19-28(2,24)25/h3-4,7,19H,5-6,8H2,1-2H3,(H,20,21,22). The summed E-state index contributed by atoms with van der Waals surface area (Å²) in [6.07, 6.45) is 1.51. The van der Waals surface area contributed by atoms with Crippen LogP contribution in [0.2, 0.25) is 10.0 Å². The Bertz CT molecular complexity index is 992. The average Bonchev–Trinajstić information content (AvgIpc) is 3.05. The Morgan fingerprint density at radius 2 is 1.96 bits per heavy atom. The highest BCUT2D eigenvalue weighted by Gasteiger charge is 2.15. The summed E-state index contributed by atoms with van der Waals surface area (Å²) >= 11 is 13.0. The molecule has 28 heavy (non-hydrogen) atoms. The third-order valence-electron chi connectivity index (χ3n) is 3.30. The van der Waals surface area contributed by atoms with Gasteiger partial charge in [-0.2, -0.15) is 0 Å². The van der Waals surface area contributed by atoms with Gasteiger partial charge in [0, 0.05) is 11.4 Å². The summed E-state index contributed by atoms with van der Waals surface area (Å²) in [4.78, 5) is 29.2. The zero-order valence-corrected chi connectivity index (χ0v) is 18.1. The fourth-order valence-corrected chi connectivity index (χ4v) is 3.78. The van der Waals surface area contributed by atoms with Crippen molar-refractivity contribution in [3.8, 4) is 0 Å². The molecule has 0 unspecified atom stereocenters. The van der Waals surface area contributed by atoms with E-state index in [-0.39, 0.29) is 17.4 Å². The van der Waals surface area contributed by atoms with Crippen molar-refractivity contribution in [2.24, 2.45) is 0 Å². The number of aryl methyl sites for hydroxylation is 1. The van der Waals surface area contributed by atoms with Gasteiger partial charge in [-0.15, -0.1) is 11.3 Å². The summed E-state index contributed by atoms with van der Waals surface area (Å²) in [5.41, 5.74) is 0.495. The first-order chi connectivity index (χ1) is 13.0. The molecule has 2 rings (SSSR count). The van der Waals surface area contributed by atoms with Crippen LogP contribution >= 0.6 is 34.5 Å². The average molecular weight is 466 g/mol. The Morgan fingerprint density at radius 3 is 2.64 bits per heavy atom. The number of nitrogens with one attached hydrogen (secondary N) is 2. The van der Waals surface area contributed by atoms with Crippen LogP contribution in [-0.4, -0.2) is 44.7 Å². The summed E-state index contributed by atoms with van der Waals surface area (Å²) < 4.78 is 29.4. The van der Waals surface area contributed by atoms with Crippen molar-refractivity contribution in [3.05, 3.63) is 43.7 Å². The van der Waals surface area contributed by atoms with Crippen molar-refractivity contribution in [1.29, 1.82) is 0 Å². The lowest BCUT2D eigenvalue weighted by atomic mass is 10.3. The number of rotatable bonds is 8. The van der Waals surface area contributed by atoms with Crippen LogP contribution in [0.5, 0.6) is 0 Å². The third kappa shape index (κ3) is 7.02. The van der Waals surface area contributed by atoms with Crippen LogP contribution in [0.4, 0.5) is 5.82 Å². The maximum atomic E-state index is 12.1. The number of hydrogen-bond donors (Lipinski definition) is 2. The van der Waals surface area contributed by atoms with Gasteiger partial charge in [0.2, 0.25) is 10.0 Å². The highest BCUT2D eigenvalue weighted by molar-refractivity contribution is 7.88. The molecule has 0 aliphatic heterocycles. The normalized spacial score (nSPS) is 11.3. The van der Waals surface area contributed by atoms with Crippen LogP contribution in [0.25, 0.3) is 0 Å². The van der Waals surface area contributed by atoms with Gasteiger partial charge < -0.3 is 10.1 Å². The number of thiophene rings is 1. The number of ether oxygens (including phenoxy) is 1. The number of aromatic nitrogens is 1. The van der Waals surface area contributed by atoms with Crippen LogP contribution in [0.15, 0.2) is 18.2 Å². The maximum Gasteiger partial charge on any atom is 0.348 e. The lowest BCUT2D eigenvalue weighted by molar-refractivity contribution is -0.119. The predicted molar refractivity (Wildman–Crippen MR) is 109 cm³/mol. The minimum atomic E-state index is -3.26. The second kappa shape index (κ2) is 9.66. The molecule has 0 aromatic carbocycles. The van der Waals surface area contributed by atoms with Crippen LogP contribution < -0.4 is 10.0 Å². The van der Waals surface area contributed by atoms with Crippen molar-refractivity contribution in [2.75, 3.05) is 24.7 Å². The quantitative estimate of drug-likeness (QED) is 0.579. The summed E-state index contributed by atoms with van der Waals surface area (Å²) in [5.74, 6) is -1.13. The Hall–Kier alpha value is -1.72. The lowest BCUT2D eigenvalue weighted by Gasteiger charge is -2.08. The number of pyridine rings is 1. The molecule has 1 amide bonds. The van der Waals surface area contributed by atoms with E-state index in [9.17, 15) is 18.0 Å². The highest BCUT2D eigenvalue weighted by atomic mass is 35.5. The summed E-state index contributed by atoms with van der Waals surface area (Å²) in [6, 6.07) is 4.71. The first-order valence-electron chi connectivity index (χ1n) is 7.88. The van der Waals surface area contributed by atoms with Gasteiger partial charge in [-0.1, -0.05) is 23.2 Å². The number of hydrogen-bond acceptors (Lipinski definition) is 7. The summed E-state index contributed by atoms with van der Waals surface area (Å²) in [7, 11) is -3.26. The molecule has 0 atom stereocenters. The van der Waals surface area contributed by atoms with Crippen molar-refractivity contribution in [1.82, 2.24) is 9.71 Å². The molecule has 152 valence electrons. The number of halogens is 2. The Kier molecular flexibility index (Phi) is 7.79. The van der Waals surface area contributed by atoms with E-state index in [2.05, 4.69) is 15.0 Å². The largest absolute Gasteiger partial charge is 0.451 e. The maximum absolute atomic E-state index is 12.1. The molecule has 0 spiro atoms. The molecule has 0 aliphatic carbocycles. The van der Waals surface area contributed by atoms with Gasteiger partial charge >= 0.3 is 5.97 Å². The van der Waals surface area contributed by atoms with E-state index in [1.54, 1.807) is 19.1 Å². The minimum Gasteiger partial charge on any atom is -0.451 e. The monoisotopic (exact) mass is 465 g/mol. The van der Waals surface area contributed by atoms with Crippen molar-refractivity contribution < 1.29 is 22.7 Å². The Morgan fingerprint density at radius 1 is 1.25 bits per heavy atom. The van der Waals surface area contributed by atoms with Gasteiger partial charge in [-0.25, -0.2) is 22.9 Å². The molecular formula is C16H17Cl2N3O5S2. The number of amides is 1. The van der Waals surface area contributed by atoms with Crippen LogP contribution in [0.3, 0.4) is 0 Å². The molecule has 12 heteroatoms. The zero-order valence-electron chi connectivity index (χ0n) is 14.9. The van der Waals surface area contributed by atoms with Crippen LogP contribution in [-0.2, 0) is 26.0 Å². The first kappa shape index (κ1) is 22.6. The molecule has 0 radical (unpaired) electrons. The van der Waals surface area contributed by atoms with Gasteiger partial charge in [0.15, 0.2) is 12.4 Å². The number of carbonyl (C=O) groups is 2. The van der Waals surface area contributed by atoms with Gasteiger partial charge in [-0.05, 0) is 31.5 Å². The smallest absolute Gasteiger partial charge is 0.348 e. The van der Waals surface area contributed by atoms with E-state index < -0.39 is 28.5 Å². The van der Waals surface area contributed by atoms with Gasteiger partial charge in [0.1, 0.15) is 4.88 Å². The molecular weight excluding hydrogens is 449 g/mol. The lowest BCUT2D eigenvalue weighted by Crippen LogP contribution is -2.24. The highest BCUT2D eigenvalue weighted by Crippen LogP contribution is 2.25. The predicted octanol–water partition coefficient (Wildman–Crippen LogP) is 2.65. The van der Waals surface area contributed by atoms with E-state index in [1.165, 1.54) is 6.07 Å². The van der Waals surface area contributed by atoms with Gasteiger partial charge in [-0.3, -0.25) is 4.79 Å². The van der Waals surface area contributed by atoms with Crippen molar-refractivity contribution in [3.63, 3.8) is 0 Å². The number of nitrogens with zero attached hydrogens (tertiary/aromatic N) is 1. The summed E-state index contributed by atoms with van der Waals surface area (Å²) in [5, 5.41) is 2.99. The van der Waals surface area contributed by atoms with E-state index in [0.717, 1.165) is 22.5 Å². The molecule has 2 heterocycles. The fourth-order valence-electron chi connectivity index (χ4n) is 2.00. The Labute approximate surface area is 176 Å². The molecule has 2 aromatic rings. The summed E-state index contributed by atoms with van der Waals surface area (Å²) in [6.45, 7) is 1.38. The molecule has 0 saturated carbocycles. The molecule has 2 aromatic heterocycles. The number of sulfonamides is 1. The second-order valence-electron chi connectivity index (χ2n) is 5.69. The van der Waals surface area contributed by atoms with Gasteiger partial charge in [0.25, 0.3) is 5.91 Å². The molecule has 2 N–H and O–H groups in total. The Balaban J connectivity index is 1.85. The van der Waals surface area contributed by atoms with E-state index in [1.807, 2.05) is 0 Å². The molecule has 8 nitrogen and oxygen atoms in total. The fraction of sp³-hybridized carbons (Fsp3) is 0.312. The molecule has 0 saturated heterocycles. The van der Waals surface area contributed by atoms with Gasteiger partial charge in [0.05, 0.1) is 22.0 Å². The first-order valence-corrected chi connectivity index (χ1v) is 11.3. The van der Waals surface area contributed by atoms with Crippen LogP contribution in [0, 0.1) is 6.92 Å². The van der Waals surface area contributed by atoms with Crippen molar-refractivity contribution >= 4 is 62.3 Å². The SMILES string of the molecule is Cc1nc(NC(=O)COC(=O)c2ccc(CCNS(C)(=O)=O)s2)c(Cl)cc1Cl. The topological polar surface area (TPSA) is 114 Å². The van der Waals surface area contributed by atoms with E-state index in [0.29, 0.717) is 22.0 Å². The van der Waals surface area contributed by atoms with E-state index >= 15 is 0 Å².